The Morgan fingerprint density at radius 3 is 3.05 bits per heavy atom. The van der Waals surface area contributed by atoms with Gasteiger partial charge < -0.3 is 15.8 Å². The van der Waals surface area contributed by atoms with Gasteiger partial charge in [0, 0.05) is 12.7 Å². The quantitative estimate of drug-likeness (QED) is 0.609. The summed E-state index contributed by atoms with van der Waals surface area (Å²) in [5.41, 5.74) is 7.36. The van der Waals surface area contributed by atoms with E-state index in [0.717, 1.165) is 0 Å². The average molecular weight is 261 g/mol. The summed E-state index contributed by atoms with van der Waals surface area (Å²) < 4.78 is 6.37. The summed E-state index contributed by atoms with van der Waals surface area (Å²) in [6.45, 7) is 1.28. The highest BCUT2D eigenvalue weighted by molar-refractivity contribution is 5.98. The Balaban J connectivity index is 2.02. The SMILES string of the molecule is COC(=O)c1cccc(NCCn2ccnn2)c1N. The van der Waals surface area contributed by atoms with E-state index in [1.807, 2.05) is 6.07 Å². The lowest BCUT2D eigenvalue weighted by Gasteiger charge is -2.11. The summed E-state index contributed by atoms with van der Waals surface area (Å²) in [4.78, 5) is 11.5. The van der Waals surface area contributed by atoms with E-state index < -0.39 is 5.97 Å². The topological polar surface area (TPSA) is 95.1 Å². The highest BCUT2D eigenvalue weighted by Gasteiger charge is 2.12. The highest BCUT2D eigenvalue weighted by Crippen LogP contribution is 2.23. The molecule has 0 aliphatic carbocycles. The molecular formula is C12H15N5O2. The Hall–Kier alpha value is -2.57. The lowest BCUT2D eigenvalue weighted by Crippen LogP contribution is -2.14. The van der Waals surface area contributed by atoms with Crippen LogP contribution in [0.3, 0.4) is 0 Å². The van der Waals surface area contributed by atoms with Crippen LogP contribution in [-0.2, 0) is 11.3 Å². The molecule has 7 nitrogen and oxygen atoms in total. The van der Waals surface area contributed by atoms with Gasteiger partial charge in [-0.05, 0) is 12.1 Å². The molecule has 0 unspecified atom stereocenters. The molecule has 2 rings (SSSR count). The number of hydrogen-bond acceptors (Lipinski definition) is 6. The molecule has 0 aliphatic heterocycles. The fourth-order valence-electron chi connectivity index (χ4n) is 1.66. The molecule has 0 saturated heterocycles. The van der Waals surface area contributed by atoms with E-state index in [0.29, 0.717) is 30.0 Å². The van der Waals surface area contributed by atoms with Crippen LogP contribution in [0.5, 0.6) is 0 Å². The normalized spacial score (nSPS) is 10.2. The monoisotopic (exact) mass is 261 g/mol. The van der Waals surface area contributed by atoms with Gasteiger partial charge >= 0.3 is 5.97 Å². The predicted octanol–water partition coefficient (Wildman–Crippen LogP) is 0.759. The van der Waals surface area contributed by atoms with Crippen molar-refractivity contribution in [1.29, 1.82) is 0 Å². The fraction of sp³-hybridized carbons (Fsp3) is 0.250. The number of nitrogen functional groups attached to an aromatic ring is 1. The largest absolute Gasteiger partial charge is 0.465 e. The van der Waals surface area contributed by atoms with Crippen LogP contribution >= 0.6 is 0 Å². The molecule has 1 heterocycles. The van der Waals surface area contributed by atoms with Crippen molar-refractivity contribution in [3.05, 3.63) is 36.2 Å². The van der Waals surface area contributed by atoms with Crippen molar-refractivity contribution in [3.63, 3.8) is 0 Å². The summed E-state index contributed by atoms with van der Waals surface area (Å²) in [6.07, 6.45) is 3.39. The van der Waals surface area contributed by atoms with E-state index in [4.69, 9.17) is 5.73 Å². The van der Waals surface area contributed by atoms with Crippen LogP contribution in [0.2, 0.25) is 0 Å². The number of para-hydroxylation sites is 1. The number of carbonyl (C=O) groups excluding carboxylic acids is 1. The van der Waals surface area contributed by atoms with Crippen LogP contribution in [0.4, 0.5) is 11.4 Å². The molecule has 3 N–H and O–H groups in total. The van der Waals surface area contributed by atoms with Crippen LogP contribution in [0.15, 0.2) is 30.6 Å². The number of ether oxygens (including phenoxy) is 1. The average Bonchev–Trinajstić information content (AvgIpc) is 2.93. The van der Waals surface area contributed by atoms with E-state index in [9.17, 15) is 4.79 Å². The van der Waals surface area contributed by atoms with Gasteiger partial charge in [-0.3, -0.25) is 4.68 Å². The van der Waals surface area contributed by atoms with Gasteiger partial charge in [-0.2, -0.15) is 0 Å². The van der Waals surface area contributed by atoms with E-state index in [1.165, 1.54) is 7.11 Å². The van der Waals surface area contributed by atoms with E-state index in [1.54, 1.807) is 29.2 Å². The lowest BCUT2D eigenvalue weighted by atomic mass is 10.1. The zero-order chi connectivity index (χ0) is 13.7. The molecule has 0 saturated carbocycles. The van der Waals surface area contributed by atoms with Gasteiger partial charge in [0.05, 0.1) is 36.8 Å². The number of nitrogens with two attached hydrogens (primary N) is 1. The zero-order valence-electron chi connectivity index (χ0n) is 10.5. The molecule has 0 bridgehead atoms. The van der Waals surface area contributed by atoms with Crippen LogP contribution in [0, 0.1) is 0 Å². The lowest BCUT2D eigenvalue weighted by molar-refractivity contribution is 0.0602. The standard InChI is InChI=1S/C12H15N5O2/c1-19-12(18)9-3-2-4-10(11(9)13)14-5-7-17-8-6-15-16-17/h2-4,6,8,14H,5,7,13H2,1H3. The van der Waals surface area contributed by atoms with Crippen LogP contribution in [0.25, 0.3) is 0 Å². The molecule has 0 aliphatic rings. The van der Waals surface area contributed by atoms with Gasteiger partial charge in [0.15, 0.2) is 0 Å². The van der Waals surface area contributed by atoms with Crippen molar-refractivity contribution >= 4 is 17.3 Å². The van der Waals surface area contributed by atoms with Gasteiger partial charge in [-0.1, -0.05) is 11.3 Å². The molecule has 19 heavy (non-hydrogen) atoms. The minimum Gasteiger partial charge on any atom is -0.465 e. The van der Waals surface area contributed by atoms with Gasteiger partial charge in [0.1, 0.15) is 0 Å². The maximum absolute atomic E-state index is 11.5. The number of nitrogens with one attached hydrogen (secondary N) is 1. The van der Waals surface area contributed by atoms with Crippen LogP contribution in [0.1, 0.15) is 10.4 Å². The number of methoxy groups -OCH3 is 1. The molecule has 1 aromatic carbocycles. The van der Waals surface area contributed by atoms with E-state index in [-0.39, 0.29) is 0 Å². The van der Waals surface area contributed by atoms with Crippen molar-refractivity contribution < 1.29 is 9.53 Å². The molecule has 0 spiro atoms. The number of anilines is 2. The number of nitrogens with zero attached hydrogens (tertiary/aromatic N) is 3. The Kier molecular flexibility index (Phi) is 3.97. The second kappa shape index (κ2) is 5.85. The van der Waals surface area contributed by atoms with Crippen LogP contribution in [-0.4, -0.2) is 34.6 Å². The number of rotatable bonds is 5. The molecule has 0 fully saturated rings. The highest BCUT2D eigenvalue weighted by atomic mass is 16.5. The maximum Gasteiger partial charge on any atom is 0.340 e. The van der Waals surface area contributed by atoms with Crippen molar-refractivity contribution in [2.75, 3.05) is 24.7 Å². The minimum atomic E-state index is -0.447. The third kappa shape index (κ3) is 3.01. The van der Waals surface area contributed by atoms with Crippen molar-refractivity contribution in [2.24, 2.45) is 0 Å². The van der Waals surface area contributed by atoms with Gasteiger partial charge in [0.2, 0.25) is 0 Å². The number of esters is 1. The summed E-state index contributed by atoms with van der Waals surface area (Å²) in [6, 6.07) is 5.19. The Morgan fingerprint density at radius 2 is 2.37 bits per heavy atom. The molecule has 0 radical (unpaired) electrons. The first-order valence-electron chi connectivity index (χ1n) is 5.77. The zero-order valence-corrected chi connectivity index (χ0v) is 10.5. The smallest absolute Gasteiger partial charge is 0.340 e. The van der Waals surface area contributed by atoms with Gasteiger partial charge in [0.25, 0.3) is 0 Å². The number of aromatic nitrogens is 3. The van der Waals surface area contributed by atoms with Crippen molar-refractivity contribution in [1.82, 2.24) is 15.0 Å². The van der Waals surface area contributed by atoms with Gasteiger partial charge in [-0.15, -0.1) is 5.10 Å². The first-order chi connectivity index (χ1) is 9.22. The van der Waals surface area contributed by atoms with E-state index >= 15 is 0 Å². The molecule has 1 aromatic heterocycles. The Morgan fingerprint density at radius 1 is 1.53 bits per heavy atom. The molecular weight excluding hydrogens is 246 g/mol. The Labute approximate surface area is 110 Å². The first-order valence-corrected chi connectivity index (χ1v) is 5.77. The number of hydrogen-bond donors (Lipinski definition) is 2. The molecule has 0 amide bonds. The molecule has 100 valence electrons. The third-order valence-electron chi connectivity index (χ3n) is 2.64. The maximum atomic E-state index is 11.5. The second-order valence-corrected chi connectivity index (χ2v) is 3.85. The summed E-state index contributed by atoms with van der Waals surface area (Å²) in [5, 5.41) is 10.7. The summed E-state index contributed by atoms with van der Waals surface area (Å²) in [5.74, 6) is -0.447. The second-order valence-electron chi connectivity index (χ2n) is 3.85. The molecule has 7 heteroatoms. The van der Waals surface area contributed by atoms with E-state index in [2.05, 4.69) is 20.4 Å². The van der Waals surface area contributed by atoms with Crippen LogP contribution < -0.4 is 11.1 Å². The van der Waals surface area contributed by atoms with Gasteiger partial charge in [-0.25, -0.2) is 4.79 Å². The van der Waals surface area contributed by atoms with Crippen molar-refractivity contribution in [2.45, 2.75) is 6.54 Å². The molecule has 2 aromatic rings. The third-order valence-corrected chi connectivity index (χ3v) is 2.64. The summed E-state index contributed by atoms with van der Waals surface area (Å²) in [7, 11) is 1.33. The predicted molar refractivity (Wildman–Crippen MR) is 70.7 cm³/mol. The first kappa shape index (κ1) is 12.9. The number of carbonyl (C=O) groups is 1. The van der Waals surface area contributed by atoms with Crippen molar-refractivity contribution in [3.8, 4) is 0 Å². The fourth-order valence-corrected chi connectivity index (χ4v) is 1.66. The Bertz CT molecular complexity index is 553. The summed E-state index contributed by atoms with van der Waals surface area (Å²) >= 11 is 0. The minimum absolute atomic E-state index is 0.355. The molecule has 0 atom stereocenters. The number of benzene rings is 1.